The van der Waals surface area contributed by atoms with Crippen molar-refractivity contribution in [1.82, 2.24) is 4.31 Å². The van der Waals surface area contributed by atoms with Gasteiger partial charge in [0.1, 0.15) is 11.3 Å². The zero-order chi connectivity index (χ0) is 23.1. The number of hydrogen-bond acceptors (Lipinski definition) is 6. The van der Waals surface area contributed by atoms with Gasteiger partial charge in [0.25, 0.3) is 5.91 Å². The van der Waals surface area contributed by atoms with Crippen molar-refractivity contribution in [1.29, 1.82) is 0 Å². The van der Waals surface area contributed by atoms with Crippen molar-refractivity contribution in [3.63, 3.8) is 0 Å². The number of hydrogen-bond donors (Lipinski definition) is 1. The Hall–Kier alpha value is -2.91. The van der Waals surface area contributed by atoms with Crippen molar-refractivity contribution < 1.29 is 27.5 Å². The molecule has 172 valence electrons. The number of esters is 1. The second-order valence-corrected chi connectivity index (χ2v) is 9.53. The molecule has 0 aliphatic carbocycles. The Balaban J connectivity index is 1.67. The lowest BCUT2D eigenvalue weighted by Gasteiger charge is -2.21. The van der Waals surface area contributed by atoms with Crippen LogP contribution in [-0.4, -0.2) is 51.4 Å². The second-order valence-electron chi connectivity index (χ2n) is 7.62. The minimum atomic E-state index is -3.66. The molecule has 0 spiro atoms. The number of sulfonamides is 1. The fourth-order valence-corrected chi connectivity index (χ4v) is 5.36. The molecule has 1 aliphatic rings. The van der Waals surface area contributed by atoms with Gasteiger partial charge in [-0.05, 0) is 49.6 Å². The molecule has 0 atom stereocenters. The van der Waals surface area contributed by atoms with Crippen molar-refractivity contribution in [3.8, 4) is 5.75 Å². The molecule has 1 heterocycles. The van der Waals surface area contributed by atoms with E-state index in [0.29, 0.717) is 30.1 Å². The Morgan fingerprint density at radius 3 is 2.41 bits per heavy atom. The minimum Gasteiger partial charge on any atom is -0.496 e. The number of para-hydroxylation sites is 1. The summed E-state index contributed by atoms with van der Waals surface area (Å²) in [6.45, 7) is 2.21. The zero-order valence-corrected chi connectivity index (χ0v) is 19.1. The van der Waals surface area contributed by atoms with Gasteiger partial charge in [0, 0.05) is 18.8 Å². The topological polar surface area (TPSA) is 102 Å². The molecule has 1 aliphatic heterocycles. The molecule has 0 radical (unpaired) electrons. The van der Waals surface area contributed by atoms with E-state index in [0.717, 1.165) is 25.7 Å². The molecule has 9 heteroatoms. The van der Waals surface area contributed by atoms with Crippen molar-refractivity contribution in [2.75, 3.05) is 32.1 Å². The van der Waals surface area contributed by atoms with Gasteiger partial charge < -0.3 is 14.8 Å². The van der Waals surface area contributed by atoms with Gasteiger partial charge in [-0.2, -0.15) is 4.31 Å². The van der Waals surface area contributed by atoms with Gasteiger partial charge in [-0.1, -0.05) is 31.0 Å². The fraction of sp³-hybridized carbons (Fsp3) is 0.391. The van der Waals surface area contributed by atoms with Gasteiger partial charge in [-0.3, -0.25) is 4.79 Å². The molecule has 0 bridgehead atoms. The summed E-state index contributed by atoms with van der Waals surface area (Å²) >= 11 is 0. The van der Waals surface area contributed by atoms with E-state index in [9.17, 15) is 18.0 Å². The lowest BCUT2D eigenvalue weighted by Crippen LogP contribution is -2.32. The maximum Gasteiger partial charge on any atom is 0.342 e. The van der Waals surface area contributed by atoms with E-state index < -0.39 is 28.5 Å². The number of nitrogens with one attached hydrogen (secondary N) is 1. The first-order valence-electron chi connectivity index (χ1n) is 10.5. The Labute approximate surface area is 188 Å². The summed E-state index contributed by atoms with van der Waals surface area (Å²) < 4.78 is 38.0. The van der Waals surface area contributed by atoms with E-state index in [4.69, 9.17) is 9.47 Å². The van der Waals surface area contributed by atoms with Crippen molar-refractivity contribution in [2.24, 2.45) is 0 Å². The summed E-state index contributed by atoms with van der Waals surface area (Å²) in [6.07, 6.45) is 3.72. The monoisotopic (exact) mass is 460 g/mol. The number of ether oxygens (including phenoxy) is 2. The predicted octanol–water partition coefficient (Wildman–Crippen LogP) is 3.36. The van der Waals surface area contributed by atoms with Crippen LogP contribution >= 0.6 is 0 Å². The zero-order valence-electron chi connectivity index (χ0n) is 18.3. The molecule has 3 rings (SSSR count). The fourth-order valence-electron chi connectivity index (χ4n) is 3.60. The molecular weight excluding hydrogens is 432 g/mol. The average molecular weight is 461 g/mol. The molecule has 1 amide bonds. The van der Waals surface area contributed by atoms with Crippen LogP contribution in [-0.2, 0) is 19.6 Å². The molecule has 1 N–H and O–H groups in total. The van der Waals surface area contributed by atoms with Crippen LogP contribution in [0.1, 0.15) is 41.6 Å². The molecule has 32 heavy (non-hydrogen) atoms. The number of aryl methyl sites for hydroxylation is 1. The highest BCUT2D eigenvalue weighted by Gasteiger charge is 2.27. The summed E-state index contributed by atoms with van der Waals surface area (Å²) in [5.41, 5.74) is 1.14. The molecule has 2 aromatic rings. The molecule has 2 aromatic carbocycles. The van der Waals surface area contributed by atoms with Gasteiger partial charge in [0.2, 0.25) is 10.0 Å². The van der Waals surface area contributed by atoms with Gasteiger partial charge in [-0.15, -0.1) is 0 Å². The second kappa shape index (κ2) is 10.6. The number of methoxy groups -OCH3 is 1. The highest BCUT2D eigenvalue weighted by atomic mass is 32.2. The van der Waals surface area contributed by atoms with Gasteiger partial charge in [0.15, 0.2) is 6.61 Å². The predicted molar refractivity (Wildman–Crippen MR) is 120 cm³/mol. The van der Waals surface area contributed by atoms with Gasteiger partial charge in [-0.25, -0.2) is 13.2 Å². The maximum absolute atomic E-state index is 13.2. The average Bonchev–Trinajstić information content (AvgIpc) is 3.09. The largest absolute Gasteiger partial charge is 0.496 e. The number of benzene rings is 2. The quantitative estimate of drug-likeness (QED) is 0.636. The molecule has 0 unspecified atom stereocenters. The smallest absolute Gasteiger partial charge is 0.342 e. The van der Waals surface area contributed by atoms with E-state index in [1.54, 1.807) is 43.3 Å². The third kappa shape index (κ3) is 5.66. The number of rotatable bonds is 7. The lowest BCUT2D eigenvalue weighted by molar-refractivity contribution is -0.119. The SMILES string of the molecule is COc1ccccc1C(=O)OCC(=O)Nc1ccc(C)c(S(=O)(=O)N2CCCCCC2)c1. The Morgan fingerprint density at radius 2 is 1.72 bits per heavy atom. The molecule has 0 aromatic heterocycles. The van der Waals surface area contributed by atoms with Crippen molar-refractivity contribution in [2.45, 2.75) is 37.5 Å². The first-order chi connectivity index (χ1) is 15.3. The van der Waals surface area contributed by atoms with Crippen LogP contribution in [0, 0.1) is 6.92 Å². The van der Waals surface area contributed by atoms with E-state index in [2.05, 4.69) is 5.32 Å². The molecular formula is C23H28N2O6S. The van der Waals surface area contributed by atoms with Crippen LogP contribution in [0.15, 0.2) is 47.4 Å². The van der Waals surface area contributed by atoms with Crippen LogP contribution in [0.2, 0.25) is 0 Å². The highest BCUT2D eigenvalue weighted by Crippen LogP contribution is 2.26. The maximum atomic E-state index is 13.2. The Bertz CT molecular complexity index is 1080. The Kier molecular flexibility index (Phi) is 7.87. The highest BCUT2D eigenvalue weighted by molar-refractivity contribution is 7.89. The van der Waals surface area contributed by atoms with Gasteiger partial charge in [0.05, 0.1) is 12.0 Å². The third-order valence-corrected chi connectivity index (χ3v) is 7.36. The molecule has 1 fully saturated rings. The lowest BCUT2D eigenvalue weighted by atomic mass is 10.2. The number of carbonyl (C=O) groups excluding carboxylic acids is 2. The Morgan fingerprint density at radius 1 is 1.03 bits per heavy atom. The molecule has 1 saturated heterocycles. The number of nitrogens with zero attached hydrogens (tertiary/aromatic N) is 1. The standard InChI is InChI=1S/C23H28N2O6S/c1-17-11-12-18(15-21(17)32(28,29)25-13-7-3-4-8-14-25)24-22(26)16-31-23(27)19-9-5-6-10-20(19)30-2/h5-6,9-12,15H,3-4,7-8,13-14,16H2,1-2H3,(H,24,26). The first-order valence-corrected chi connectivity index (χ1v) is 12.0. The number of amides is 1. The normalized spacial score (nSPS) is 14.9. The van der Waals surface area contributed by atoms with Crippen molar-refractivity contribution >= 4 is 27.6 Å². The van der Waals surface area contributed by atoms with Crippen LogP contribution in [0.3, 0.4) is 0 Å². The summed E-state index contributed by atoms with van der Waals surface area (Å²) in [5.74, 6) is -0.916. The summed E-state index contributed by atoms with van der Waals surface area (Å²) in [7, 11) is -2.22. The minimum absolute atomic E-state index is 0.170. The summed E-state index contributed by atoms with van der Waals surface area (Å²) in [5, 5.41) is 2.60. The van der Waals surface area contributed by atoms with Crippen LogP contribution in [0.4, 0.5) is 5.69 Å². The van der Waals surface area contributed by atoms with E-state index in [1.807, 2.05) is 0 Å². The van der Waals surface area contributed by atoms with E-state index in [1.165, 1.54) is 17.5 Å². The van der Waals surface area contributed by atoms with Gasteiger partial charge >= 0.3 is 5.97 Å². The first kappa shape index (κ1) is 23.7. The molecule has 0 saturated carbocycles. The molecule has 8 nitrogen and oxygen atoms in total. The van der Waals surface area contributed by atoms with Crippen LogP contribution in [0.25, 0.3) is 0 Å². The van der Waals surface area contributed by atoms with E-state index in [-0.39, 0.29) is 10.5 Å². The van der Waals surface area contributed by atoms with Crippen LogP contribution in [0.5, 0.6) is 5.75 Å². The van der Waals surface area contributed by atoms with Crippen LogP contribution < -0.4 is 10.1 Å². The number of anilines is 1. The van der Waals surface area contributed by atoms with Crippen molar-refractivity contribution in [3.05, 3.63) is 53.6 Å². The number of carbonyl (C=O) groups is 2. The summed E-state index contributed by atoms with van der Waals surface area (Å²) in [4.78, 5) is 24.7. The van der Waals surface area contributed by atoms with E-state index >= 15 is 0 Å². The third-order valence-electron chi connectivity index (χ3n) is 5.32. The summed E-state index contributed by atoms with van der Waals surface area (Å²) in [6, 6.07) is 11.3.